The van der Waals surface area contributed by atoms with E-state index in [4.69, 9.17) is 4.74 Å². The van der Waals surface area contributed by atoms with E-state index in [0.717, 1.165) is 56.2 Å². The number of rotatable bonds is 6. The van der Waals surface area contributed by atoms with Crippen LogP contribution in [-0.2, 0) is 4.74 Å². The second kappa shape index (κ2) is 8.73. The third-order valence-electron chi connectivity index (χ3n) is 4.42. The van der Waals surface area contributed by atoms with Gasteiger partial charge in [-0.3, -0.25) is 9.69 Å². The topological polar surface area (TPSA) is 79.4 Å². The molecule has 2 aromatic rings. The van der Waals surface area contributed by atoms with Gasteiger partial charge in [-0.25, -0.2) is 9.97 Å². The molecule has 7 nitrogen and oxygen atoms in total. The van der Waals surface area contributed by atoms with Crippen molar-refractivity contribution in [3.05, 3.63) is 47.3 Å². The fourth-order valence-corrected chi connectivity index (χ4v) is 2.91. The van der Waals surface area contributed by atoms with Crippen LogP contribution in [0.5, 0.6) is 0 Å². The molecular formula is C19H25N5O2. The van der Waals surface area contributed by atoms with Crippen molar-refractivity contribution < 1.29 is 9.53 Å². The Morgan fingerprint density at radius 3 is 2.65 bits per heavy atom. The van der Waals surface area contributed by atoms with Gasteiger partial charge in [0.2, 0.25) is 5.95 Å². The Morgan fingerprint density at radius 1 is 1.19 bits per heavy atom. The molecule has 0 spiro atoms. The van der Waals surface area contributed by atoms with Gasteiger partial charge >= 0.3 is 0 Å². The van der Waals surface area contributed by atoms with Crippen LogP contribution in [0.15, 0.2) is 30.5 Å². The van der Waals surface area contributed by atoms with Crippen LogP contribution in [0, 0.1) is 13.8 Å². The van der Waals surface area contributed by atoms with Gasteiger partial charge in [-0.1, -0.05) is 18.2 Å². The summed E-state index contributed by atoms with van der Waals surface area (Å²) >= 11 is 0. The number of carbonyl (C=O) groups is 1. The monoisotopic (exact) mass is 355 g/mol. The number of para-hydroxylation sites is 1. The molecule has 26 heavy (non-hydrogen) atoms. The van der Waals surface area contributed by atoms with Gasteiger partial charge in [0.1, 0.15) is 5.69 Å². The van der Waals surface area contributed by atoms with E-state index in [-0.39, 0.29) is 5.91 Å². The molecule has 1 aliphatic rings. The van der Waals surface area contributed by atoms with Crippen LogP contribution in [-0.4, -0.2) is 60.2 Å². The minimum Gasteiger partial charge on any atom is -0.379 e. The number of benzene rings is 1. The number of nitrogens with zero attached hydrogens (tertiary/aromatic N) is 3. The second-order valence-electron chi connectivity index (χ2n) is 6.37. The molecule has 2 heterocycles. The molecule has 2 N–H and O–H groups in total. The number of hydrogen-bond donors (Lipinski definition) is 2. The summed E-state index contributed by atoms with van der Waals surface area (Å²) in [4.78, 5) is 23.4. The van der Waals surface area contributed by atoms with Crippen molar-refractivity contribution in [2.45, 2.75) is 13.8 Å². The number of anilines is 2. The molecule has 7 heteroatoms. The first-order valence-corrected chi connectivity index (χ1v) is 8.88. The Kier molecular flexibility index (Phi) is 6.14. The van der Waals surface area contributed by atoms with E-state index in [1.807, 2.05) is 32.0 Å². The van der Waals surface area contributed by atoms with E-state index in [0.29, 0.717) is 11.6 Å². The number of ether oxygens (including phenoxy) is 1. The summed E-state index contributed by atoms with van der Waals surface area (Å²) in [5, 5.41) is 6.14. The third kappa shape index (κ3) is 4.77. The lowest BCUT2D eigenvalue weighted by Gasteiger charge is -2.26. The average Bonchev–Trinajstić information content (AvgIpc) is 2.66. The molecule has 0 unspecified atom stereocenters. The van der Waals surface area contributed by atoms with E-state index in [1.54, 1.807) is 12.3 Å². The first-order chi connectivity index (χ1) is 12.6. The molecule has 1 saturated heterocycles. The Balaban J connectivity index is 1.58. The second-order valence-corrected chi connectivity index (χ2v) is 6.37. The number of amides is 1. The summed E-state index contributed by atoms with van der Waals surface area (Å²) in [6.07, 6.45) is 1.60. The highest BCUT2D eigenvalue weighted by molar-refractivity contribution is 6.03. The molecule has 0 aliphatic carbocycles. The number of nitrogens with one attached hydrogen (secondary N) is 2. The Bertz CT molecular complexity index is 739. The molecule has 0 bridgehead atoms. The van der Waals surface area contributed by atoms with E-state index in [2.05, 4.69) is 25.5 Å². The first kappa shape index (κ1) is 18.3. The number of morpholine rings is 1. The van der Waals surface area contributed by atoms with Crippen LogP contribution < -0.4 is 10.6 Å². The number of hydrogen-bond acceptors (Lipinski definition) is 6. The maximum atomic E-state index is 12.5. The van der Waals surface area contributed by atoms with Crippen molar-refractivity contribution in [3.63, 3.8) is 0 Å². The number of aryl methyl sites for hydroxylation is 2. The highest BCUT2D eigenvalue weighted by atomic mass is 16.5. The first-order valence-electron chi connectivity index (χ1n) is 8.88. The molecule has 3 rings (SSSR count). The number of carbonyl (C=O) groups excluding carboxylic acids is 1. The van der Waals surface area contributed by atoms with Gasteiger partial charge in [0.15, 0.2) is 0 Å². The zero-order valence-electron chi connectivity index (χ0n) is 15.3. The molecule has 1 fully saturated rings. The smallest absolute Gasteiger partial charge is 0.274 e. The SMILES string of the molecule is Cc1cccc(C)c1NC(=O)c1ccnc(NCCN2CCOCC2)n1. The summed E-state index contributed by atoms with van der Waals surface area (Å²) in [5.74, 6) is 0.230. The van der Waals surface area contributed by atoms with Crippen LogP contribution >= 0.6 is 0 Å². The molecule has 0 atom stereocenters. The fraction of sp³-hybridized carbons (Fsp3) is 0.421. The van der Waals surface area contributed by atoms with Crippen LogP contribution in [0.25, 0.3) is 0 Å². The molecule has 138 valence electrons. The summed E-state index contributed by atoms with van der Waals surface area (Å²) in [7, 11) is 0. The van der Waals surface area contributed by atoms with Crippen molar-refractivity contribution >= 4 is 17.5 Å². The maximum Gasteiger partial charge on any atom is 0.274 e. The van der Waals surface area contributed by atoms with Gasteiger partial charge in [0.25, 0.3) is 5.91 Å². The van der Waals surface area contributed by atoms with E-state index >= 15 is 0 Å². The minimum atomic E-state index is -0.235. The van der Waals surface area contributed by atoms with Crippen LogP contribution in [0.3, 0.4) is 0 Å². The summed E-state index contributed by atoms with van der Waals surface area (Å²) < 4.78 is 5.34. The highest BCUT2D eigenvalue weighted by Crippen LogP contribution is 2.20. The quantitative estimate of drug-likeness (QED) is 0.826. The van der Waals surface area contributed by atoms with Crippen molar-refractivity contribution in [1.29, 1.82) is 0 Å². The predicted octanol–water partition coefficient (Wildman–Crippen LogP) is 2.09. The molecule has 1 aromatic carbocycles. The van der Waals surface area contributed by atoms with Crippen LogP contribution in [0.2, 0.25) is 0 Å². The standard InChI is InChI=1S/C19H25N5O2/c1-14-4-3-5-15(2)17(14)23-18(25)16-6-7-20-19(22-16)21-8-9-24-10-12-26-13-11-24/h3-7H,8-13H2,1-2H3,(H,23,25)(H,20,21,22). The average molecular weight is 355 g/mol. The predicted molar refractivity (Wildman–Crippen MR) is 102 cm³/mol. The minimum absolute atomic E-state index is 0.235. The normalized spacial score (nSPS) is 14.8. The van der Waals surface area contributed by atoms with Crippen LogP contribution in [0.1, 0.15) is 21.6 Å². The van der Waals surface area contributed by atoms with E-state index in [1.165, 1.54) is 0 Å². The zero-order chi connectivity index (χ0) is 18.4. The molecular weight excluding hydrogens is 330 g/mol. The highest BCUT2D eigenvalue weighted by Gasteiger charge is 2.13. The van der Waals surface area contributed by atoms with Crippen molar-refractivity contribution in [2.24, 2.45) is 0 Å². The summed E-state index contributed by atoms with van der Waals surface area (Å²) in [6, 6.07) is 7.54. The Morgan fingerprint density at radius 2 is 1.92 bits per heavy atom. The van der Waals surface area contributed by atoms with Gasteiger partial charge in [-0.15, -0.1) is 0 Å². The molecule has 1 aromatic heterocycles. The zero-order valence-corrected chi connectivity index (χ0v) is 15.3. The lowest BCUT2D eigenvalue weighted by atomic mass is 10.1. The lowest BCUT2D eigenvalue weighted by molar-refractivity contribution is 0.0398. The lowest BCUT2D eigenvalue weighted by Crippen LogP contribution is -2.39. The summed E-state index contributed by atoms with van der Waals surface area (Å²) in [5.41, 5.74) is 3.22. The van der Waals surface area contributed by atoms with Gasteiger partial charge in [0, 0.05) is 38.1 Å². The van der Waals surface area contributed by atoms with Gasteiger partial charge in [-0.05, 0) is 31.0 Å². The van der Waals surface area contributed by atoms with Gasteiger partial charge in [0.05, 0.1) is 13.2 Å². The van der Waals surface area contributed by atoms with E-state index in [9.17, 15) is 4.79 Å². The molecule has 0 saturated carbocycles. The molecule has 0 radical (unpaired) electrons. The van der Waals surface area contributed by atoms with E-state index < -0.39 is 0 Å². The summed E-state index contributed by atoms with van der Waals surface area (Å²) in [6.45, 7) is 9.02. The Labute approximate surface area is 153 Å². The number of aromatic nitrogens is 2. The fourth-order valence-electron chi connectivity index (χ4n) is 2.91. The maximum absolute atomic E-state index is 12.5. The van der Waals surface area contributed by atoms with Crippen LogP contribution in [0.4, 0.5) is 11.6 Å². The van der Waals surface area contributed by atoms with Gasteiger partial charge < -0.3 is 15.4 Å². The Hall–Kier alpha value is -2.51. The molecule has 1 amide bonds. The van der Waals surface area contributed by atoms with Crippen molar-refractivity contribution in [1.82, 2.24) is 14.9 Å². The van der Waals surface area contributed by atoms with Crippen molar-refractivity contribution in [3.8, 4) is 0 Å². The van der Waals surface area contributed by atoms with Gasteiger partial charge in [-0.2, -0.15) is 0 Å². The van der Waals surface area contributed by atoms with Crippen molar-refractivity contribution in [2.75, 3.05) is 50.0 Å². The molecule has 1 aliphatic heterocycles. The third-order valence-corrected chi connectivity index (χ3v) is 4.42. The largest absolute Gasteiger partial charge is 0.379 e.